The molecule has 1 heterocycles. The molecule has 0 aromatic heterocycles. The van der Waals surface area contributed by atoms with E-state index in [0.717, 1.165) is 0 Å². The lowest BCUT2D eigenvalue weighted by molar-refractivity contribution is -0.441. The van der Waals surface area contributed by atoms with Crippen molar-refractivity contribution in [3.05, 3.63) is 0 Å². The van der Waals surface area contributed by atoms with Gasteiger partial charge in [-0.2, -0.15) is 48.3 Å². The largest absolute Gasteiger partial charge is 0.480 e. The average Bonchev–Trinajstić information content (AvgIpc) is 2.81. The van der Waals surface area contributed by atoms with Crippen LogP contribution in [0, 0.1) is 5.92 Å². The first-order chi connectivity index (χ1) is 11.5. The predicted octanol–water partition coefficient (Wildman–Crippen LogP) is 4.76. The number of rotatable bonds is 6. The number of halogens is 11. The molecule has 0 aromatic carbocycles. The number of unbranched alkanes of at least 4 members (excludes halogenated alkanes) is 1. The van der Waals surface area contributed by atoms with Crippen molar-refractivity contribution < 1.29 is 62.6 Å². The molecule has 0 spiro atoms. The van der Waals surface area contributed by atoms with Crippen LogP contribution in [0.4, 0.5) is 48.3 Å². The van der Waals surface area contributed by atoms with E-state index in [1.165, 1.54) is 6.92 Å². The Morgan fingerprint density at radius 1 is 0.962 bits per heavy atom. The van der Waals surface area contributed by atoms with Gasteiger partial charge in [-0.15, -0.1) is 0 Å². The Kier molecular flexibility index (Phi) is 5.96. The lowest BCUT2D eigenvalue weighted by Crippen LogP contribution is -2.59. The number of nitrogens with zero attached hydrogens (tertiary/aromatic N) is 1. The minimum atomic E-state index is -6.47. The standard InChI is InChI=1S/C11H10F11NO3/c1-2-3-4-24-8(15,16)5(7(12,13)14)6-23-26-9(25-6,10(17,18)19)11(20,21)22/h5H,2-4H2,1H3. The fourth-order valence-electron chi connectivity index (χ4n) is 1.70. The highest BCUT2D eigenvalue weighted by atomic mass is 19.4. The molecule has 26 heavy (non-hydrogen) atoms. The minimum absolute atomic E-state index is 0.154. The first-order valence-electron chi connectivity index (χ1n) is 6.66. The van der Waals surface area contributed by atoms with Crippen molar-refractivity contribution in [2.75, 3.05) is 6.61 Å². The van der Waals surface area contributed by atoms with Crippen molar-refractivity contribution in [1.82, 2.24) is 0 Å². The summed E-state index contributed by atoms with van der Waals surface area (Å²) >= 11 is 0. The van der Waals surface area contributed by atoms with Crippen LogP contribution >= 0.6 is 0 Å². The highest BCUT2D eigenvalue weighted by molar-refractivity contribution is 5.81. The van der Waals surface area contributed by atoms with Crippen molar-refractivity contribution in [3.63, 3.8) is 0 Å². The Morgan fingerprint density at radius 2 is 1.46 bits per heavy atom. The maximum atomic E-state index is 13.7. The fraction of sp³-hybridized carbons (Fsp3) is 0.909. The summed E-state index contributed by atoms with van der Waals surface area (Å²) in [6.45, 7) is 0.510. The number of oxime groups is 1. The minimum Gasteiger partial charge on any atom is -0.419 e. The third-order valence-electron chi connectivity index (χ3n) is 2.96. The lowest BCUT2D eigenvalue weighted by Gasteiger charge is -2.31. The topological polar surface area (TPSA) is 40.0 Å². The molecule has 0 radical (unpaired) electrons. The van der Waals surface area contributed by atoms with Crippen LogP contribution in [0.2, 0.25) is 0 Å². The number of hydrogen-bond donors (Lipinski definition) is 0. The van der Waals surface area contributed by atoms with Crippen molar-refractivity contribution >= 4 is 5.90 Å². The van der Waals surface area contributed by atoms with Gasteiger partial charge in [-0.25, -0.2) is 0 Å². The third kappa shape index (κ3) is 4.23. The van der Waals surface area contributed by atoms with Gasteiger partial charge in [0.25, 0.3) is 5.90 Å². The highest BCUT2D eigenvalue weighted by Gasteiger charge is 2.81. The van der Waals surface area contributed by atoms with E-state index in [0.29, 0.717) is 0 Å². The first kappa shape index (κ1) is 22.5. The Bertz CT molecular complexity index is 509. The Hall–Kier alpha value is -1.54. The molecule has 0 saturated heterocycles. The highest BCUT2D eigenvalue weighted by Crippen LogP contribution is 2.52. The van der Waals surface area contributed by atoms with Crippen LogP contribution in [-0.4, -0.2) is 42.9 Å². The van der Waals surface area contributed by atoms with E-state index in [1.54, 1.807) is 0 Å². The second-order valence-corrected chi connectivity index (χ2v) is 4.97. The van der Waals surface area contributed by atoms with Crippen molar-refractivity contribution in [2.45, 2.75) is 50.2 Å². The molecule has 1 rings (SSSR count). The second-order valence-electron chi connectivity index (χ2n) is 4.97. The summed E-state index contributed by atoms with van der Waals surface area (Å²) in [4.78, 5) is 3.01. The van der Waals surface area contributed by atoms with Gasteiger partial charge in [0.15, 0.2) is 0 Å². The van der Waals surface area contributed by atoms with Gasteiger partial charge in [-0.1, -0.05) is 13.3 Å². The van der Waals surface area contributed by atoms with Gasteiger partial charge in [-0.05, 0) is 11.6 Å². The summed E-state index contributed by atoms with van der Waals surface area (Å²) < 4.78 is 149. The summed E-state index contributed by atoms with van der Waals surface area (Å²) in [5.41, 5.74) is 0. The molecule has 154 valence electrons. The Morgan fingerprint density at radius 3 is 1.81 bits per heavy atom. The summed E-state index contributed by atoms with van der Waals surface area (Å²) in [6, 6.07) is 0. The molecule has 15 heteroatoms. The normalized spacial score (nSPS) is 19.6. The van der Waals surface area contributed by atoms with Gasteiger partial charge in [0.05, 0.1) is 6.61 Å². The molecule has 0 aliphatic carbocycles. The van der Waals surface area contributed by atoms with Gasteiger partial charge >= 0.3 is 30.4 Å². The fourth-order valence-corrected chi connectivity index (χ4v) is 1.70. The smallest absolute Gasteiger partial charge is 0.419 e. The van der Waals surface area contributed by atoms with E-state index < -0.39 is 48.8 Å². The van der Waals surface area contributed by atoms with Crippen LogP contribution in [0.15, 0.2) is 5.16 Å². The molecular weight excluding hydrogens is 403 g/mol. The van der Waals surface area contributed by atoms with E-state index in [1.807, 2.05) is 5.16 Å². The zero-order chi connectivity index (χ0) is 20.6. The summed E-state index contributed by atoms with van der Waals surface area (Å²) in [6.07, 6.45) is -24.2. The van der Waals surface area contributed by atoms with Crippen LogP contribution in [0.1, 0.15) is 19.8 Å². The quantitative estimate of drug-likeness (QED) is 0.466. The van der Waals surface area contributed by atoms with Crippen molar-refractivity contribution in [1.29, 1.82) is 0 Å². The summed E-state index contributed by atoms with van der Waals surface area (Å²) in [5, 5.41) is 1.86. The van der Waals surface area contributed by atoms with Gasteiger partial charge in [-0.3, -0.25) is 0 Å². The average molecular weight is 413 g/mol. The molecule has 1 aliphatic heterocycles. The number of ether oxygens (including phenoxy) is 2. The molecule has 4 nitrogen and oxygen atoms in total. The van der Waals surface area contributed by atoms with E-state index in [-0.39, 0.29) is 12.8 Å². The number of hydrogen-bond acceptors (Lipinski definition) is 4. The predicted molar refractivity (Wildman–Crippen MR) is 59.8 cm³/mol. The van der Waals surface area contributed by atoms with Crippen LogP contribution in [0.5, 0.6) is 0 Å². The zero-order valence-corrected chi connectivity index (χ0v) is 12.5. The van der Waals surface area contributed by atoms with Crippen LogP contribution in [-0.2, 0) is 14.3 Å². The molecule has 0 saturated carbocycles. The monoisotopic (exact) mass is 413 g/mol. The van der Waals surface area contributed by atoms with Crippen molar-refractivity contribution in [3.8, 4) is 0 Å². The molecule has 0 fully saturated rings. The Labute approximate surface area is 137 Å². The first-order valence-corrected chi connectivity index (χ1v) is 6.66. The van der Waals surface area contributed by atoms with Gasteiger partial charge in [0, 0.05) is 0 Å². The maximum absolute atomic E-state index is 13.7. The molecule has 1 unspecified atom stereocenters. The summed E-state index contributed by atoms with van der Waals surface area (Å²) in [5.74, 6) is -12.6. The third-order valence-corrected chi connectivity index (χ3v) is 2.96. The van der Waals surface area contributed by atoms with E-state index in [2.05, 4.69) is 14.3 Å². The molecule has 0 bridgehead atoms. The van der Waals surface area contributed by atoms with E-state index in [4.69, 9.17) is 0 Å². The summed E-state index contributed by atoms with van der Waals surface area (Å²) in [7, 11) is 0. The molecule has 0 amide bonds. The van der Waals surface area contributed by atoms with Crippen LogP contribution in [0.3, 0.4) is 0 Å². The van der Waals surface area contributed by atoms with Crippen molar-refractivity contribution in [2.24, 2.45) is 11.1 Å². The zero-order valence-electron chi connectivity index (χ0n) is 12.5. The van der Waals surface area contributed by atoms with E-state index >= 15 is 0 Å². The van der Waals surface area contributed by atoms with Crippen LogP contribution in [0.25, 0.3) is 0 Å². The van der Waals surface area contributed by atoms with Gasteiger partial charge < -0.3 is 14.3 Å². The number of alkyl halides is 11. The van der Waals surface area contributed by atoms with Gasteiger partial charge in [0.1, 0.15) is 0 Å². The molecule has 0 aromatic rings. The Balaban J connectivity index is 3.23. The molecule has 1 atom stereocenters. The van der Waals surface area contributed by atoms with Crippen LogP contribution < -0.4 is 0 Å². The second kappa shape index (κ2) is 6.88. The SMILES string of the molecule is CCCCOC(F)(F)C(C1=NOC(C(F)(F)F)(C(F)(F)F)O1)C(F)(F)F. The maximum Gasteiger partial charge on any atom is 0.480 e. The lowest BCUT2D eigenvalue weighted by atomic mass is 10.1. The molecule has 0 N–H and O–H groups in total. The molecular formula is C11H10F11NO3. The van der Waals surface area contributed by atoms with E-state index in [9.17, 15) is 48.3 Å². The molecule has 1 aliphatic rings. The van der Waals surface area contributed by atoms with Gasteiger partial charge in [0.2, 0.25) is 5.92 Å².